The van der Waals surface area contributed by atoms with E-state index in [0.29, 0.717) is 5.56 Å². The standard InChI is InChI=1S/C16H15NO4/c18-12-14-8-9-15(17(19)20)16(11-14)21-10-4-7-13-5-2-1-3-6-13/h1-9,11,18H,10,12H2. The summed E-state index contributed by atoms with van der Waals surface area (Å²) in [5, 5.41) is 20.0. The summed E-state index contributed by atoms with van der Waals surface area (Å²) in [7, 11) is 0. The molecule has 0 aromatic heterocycles. The highest BCUT2D eigenvalue weighted by molar-refractivity contribution is 5.50. The molecule has 0 aliphatic carbocycles. The number of nitro groups is 1. The minimum Gasteiger partial charge on any atom is -0.483 e. The molecule has 0 aliphatic heterocycles. The molecule has 0 atom stereocenters. The van der Waals surface area contributed by atoms with Crippen molar-refractivity contribution in [2.45, 2.75) is 6.61 Å². The van der Waals surface area contributed by atoms with Crippen LogP contribution in [-0.2, 0) is 6.61 Å². The second-order valence-electron chi connectivity index (χ2n) is 4.34. The lowest BCUT2D eigenvalue weighted by Crippen LogP contribution is -1.99. The maximum atomic E-state index is 10.9. The van der Waals surface area contributed by atoms with Crippen LogP contribution in [0.25, 0.3) is 6.08 Å². The van der Waals surface area contributed by atoms with E-state index in [-0.39, 0.29) is 24.7 Å². The molecule has 0 radical (unpaired) electrons. The maximum Gasteiger partial charge on any atom is 0.310 e. The molecule has 0 fully saturated rings. The van der Waals surface area contributed by atoms with E-state index in [1.807, 2.05) is 36.4 Å². The number of ether oxygens (including phenoxy) is 1. The number of hydrogen-bond acceptors (Lipinski definition) is 4. The fourth-order valence-electron chi connectivity index (χ4n) is 1.81. The first-order valence-electron chi connectivity index (χ1n) is 6.43. The average molecular weight is 285 g/mol. The fraction of sp³-hybridized carbons (Fsp3) is 0.125. The van der Waals surface area contributed by atoms with Gasteiger partial charge in [0, 0.05) is 6.07 Å². The van der Waals surface area contributed by atoms with Crippen LogP contribution < -0.4 is 4.74 Å². The SMILES string of the molecule is O=[N+]([O-])c1ccc(CO)cc1OCC=Cc1ccccc1. The van der Waals surface area contributed by atoms with Crippen LogP contribution in [0.4, 0.5) is 5.69 Å². The summed E-state index contributed by atoms with van der Waals surface area (Å²) >= 11 is 0. The van der Waals surface area contributed by atoms with Gasteiger partial charge in [-0.05, 0) is 29.3 Å². The van der Waals surface area contributed by atoms with E-state index in [4.69, 9.17) is 9.84 Å². The number of benzene rings is 2. The number of nitrogens with zero attached hydrogens (tertiary/aromatic N) is 1. The predicted molar refractivity (Wildman–Crippen MR) is 80.0 cm³/mol. The zero-order valence-electron chi connectivity index (χ0n) is 11.3. The highest BCUT2D eigenvalue weighted by Gasteiger charge is 2.14. The summed E-state index contributed by atoms with van der Waals surface area (Å²) in [4.78, 5) is 10.4. The molecule has 0 saturated heterocycles. The van der Waals surface area contributed by atoms with E-state index < -0.39 is 4.92 Å². The lowest BCUT2D eigenvalue weighted by molar-refractivity contribution is -0.385. The van der Waals surface area contributed by atoms with Gasteiger partial charge < -0.3 is 9.84 Å². The van der Waals surface area contributed by atoms with E-state index in [0.717, 1.165) is 5.56 Å². The summed E-state index contributed by atoms with van der Waals surface area (Å²) in [5.74, 6) is 0.157. The topological polar surface area (TPSA) is 72.6 Å². The lowest BCUT2D eigenvalue weighted by Gasteiger charge is -2.06. The Morgan fingerprint density at radius 1 is 1.19 bits per heavy atom. The minimum absolute atomic E-state index is 0.111. The molecular formula is C16H15NO4. The van der Waals surface area contributed by atoms with E-state index in [9.17, 15) is 10.1 Å². The summed E-state index contributed by atoms with van der Waals surface area (Å²) in [6.07, 6.45) is 3.66. The molecule has 1 N–H and O–H groups in total. The van der Waals surface area contributed by atoms with E-state index in [2.05, 4.69) is 0 Å². The zero-order chi connectivity index (χ0) is 15.1. The van der Waals surface area contributed by atoms with Crippen molar-refractivity contribution in [1.82, 2.24) is 0 Å². The second kappa shape index (κ2) is 7.21. The van der Waals surface area contributed by atoms with Gasteiger partial charge in [0.1, 0.15) is 6.61 Å². The van der Waals surface area contributed by atoms with Crippen LogP contribution >= 0.6 is 0 Å². The van der Waals surface area contributed by atoms with Crippen molar-refractivity contribution in [3.8, 4) is 5.75 Å². The molecule has 5 heteroatoms. The van der Waals surface area contributed by atoms with Crippen molar-refractivity contribution in [2.75, 3.05) is 6.61 Å². The van der Waals surface area contributed by atoms with Crippen LogP contribution in [-0.4, -0.2) is 16.6 Å². The molecule has 5 nitrogen and oxygen atoms in total. The molecule has 0 saturated carbocycles. The van der Waals surface area contributed by atoms with Crippen molar-refractivity contribution >= 4 is 11.8 Å². The van der Waals surface area contributed by atoms with Crippen molar-refractivity contribution in [1.29, 1.82) is 0 Å². The van der Waals surface area contributed by atoms with Gasteiger partial charge in [-0.1, -0.05) is 36.4 Å². The lowest BCUT2D eigenvalue weighted by atomic mass is 10.2. The largest absolute Gasteiger partial charge is 0.483 e. The average Bonchev–Trinajstić information content (AvgIpc) is 2.52. The Bertz CT molecular complexity index is 638. The quantitative estimate of drug-likeness (QED) is 0.653. The molecule has 0 bridgehead atoms. The van der Waals surface area contributed by atoms with Crippen LogP contribution in [0.3, 0.4) is 0 Å². The van der Waals surface area contributed by atoms with E-state index >= 15 is 0 Å². The third-order valence-electron chi connectivity index (χ3n) is 2.85. The van der Waals surface area contributed by atoms with Crippen LogP contribution in [0.2, 0.25) is 0 Å². The normalized spacial score (nSPS) is 10.7. The number of aliphatic hydroxyl groups is 1. The maximum absolute atomic E-state index is 10.9. The van der Waals surface area contributed by atoms with Gasteiger partial charge >= 0.3 is 5.69 Å². The van der Waals surface area contributed by atoms with Gasteiger partial charge in [-0.15, -0.1) is 0 Å². The number of rotatable bonds is 6. The van der Waals surface area contributed by atoms with Gasteiger partial charge in [0.25, 0.3) is 0 Å². The Kier molecular flexibility index (Phi) is 5.06. The van der Waals surface area contributed by atoms with E-state index in [1.165, 1.54) is 18.2 Å². The first-order valence-corrected chi connectivity index (χ1v) is 6.43. The Morgan fingerprint density at radius 3 is 2.62 bits per heavy atom. The third-order valence-corrected chi connectivity index (χ3v) is 2.85. The predicted octanol–water partition coefficient (Wildman–Crippen LogP) is 3.18. The van der Waals surface area contributed by atoms with Gasteiger partial charge in [0.2, 0.25) is 0 Å². The summed E-state index contributed by atoms with van der Waals surface area (Å²) in [6.45, 7) is 0.0266. The number of nitro benzene ring substituents is 1. The molecule has 0 spiro atoms. The summed E-state index contributed by atoms with van der Waals surface area (Å²) in [5.41, 5.74) is 1.49. The van der Waals surface area contributed by atoms with Gasteiger partial charge in [-0.3, -0.25) is 10.1 Å². The van der Waals surface area contributed by atoms with E-state index in [1.54, 1.807) is 6.08 Å². The van der Waals surface area contributed by atoms with Crippen molar-refractivity contribution in [2.24, 2.45) is 0 Å². The Morgan fingerprint density at radius 2 is 1.95 bits per heavy atom. The Labute approximate surface area is 122 Å². The molecule has 2 aromatic carbocycles. The van der Waals surface area contributed by atoms with Gasteiger partial charge in [-0.25, -0.2) is 0 Å². The van der Waals surface area contributed by atoms with Gasteiger partial charge in [0.05, 0.1) is 11.5 Å². The molecule has 0 unspecified atom stereocenters. The van der Waals surface area contributed by atoms with Gasteiger partial charge in [-0.2, -0.15) is 0 Å². The van der Waals surface area contributed by atoms with Crippen molar-refractivity contribution in [3.63, 3.8) is 0 Å². The monoisotopic (exact) mass is 285 g/mol. The highest BCUT2D eigenvalue weighted by Crippen LogP contribution is 2.28. The smallest absolute Gasteiger partial charge is 0.310 e. The summed E-state index contributed by atoms with van der Waals surface area (Å²) in [6, 6.07) is 14.0. The fourth-order valence-corrected chi connectivity index (χ4v) is 1.81. The highest BCUT2D eigenvalue weighted by atomic mass is 16.6. The van der Waals surface area contributed by atoms with Crippen LogP contribution in [0, 0.1) is 10.1 Å². The molecule has 2 aromatic rings. The molecule has 0 aliphatic rings. The van der Waals surface area contributed by atoms with Crippen molar-refractivity contribution < 1.29 is 14.8 Å². The molecular weight excluding hydrogens is 270 g/mol. The second-order valence-corrected chi connectivity index (χ2v) is 4.34. The summed E-state index contributed by atoms with van der Waals surface area (Å²) < 4.78 is 5.42. The van der Waals surface area contributed by atoms with Crippen LogP contribution in [0.1, 0.15) is 11.1 Å². The Balaban J connectivity index is 2.05. The molecule has 0 heterocycles. The van der Waals surface area contributed by atoms with Gasteiger partial charge in [0.15, 0.2) is 5.75 Å². The number of hydrogen-bond donors (Lipinski definition) is 1. The minimum atomic E-state index is -0.503. The molecule has 21 heavy (non-hydrogen) atoms. The molecule has 0 amide bonds. The molecule has 2 rings (SSSR count). The zero-order valence-corrected chi connectivity index (χ0v) is 11.3. The molecule has 108 valence electrons. The van der Waals surface area contributed by atoms with Crippen molar-refractivity contribution in [3.05, 3.63) is 75.8 Å². The van der Waals surface area contributed by atoms with Crippen LogP contribution in [0.15, 0.2) is 54.6 Å². The number of aliphatic hydroxyl groups excluding tert-OH is 1. The third kappa shape index (κ3) is 4.15. The first kappa shape index (κ1) is 14.7. The first-order chi connectivity index (χ1) is 10.2. The van der Waals surface area contributed by atoms with Crippen LogP contribution in [0.5, 0.6) is 5.75 Å². The Hall–Kier alpha value is -2.66.